The van der Waals surface area contributed by atoms with Crippen molar-refractivity contribution in [3.05, 3.63) is 30.0 Å². The Kier molecular flexibility index (Phi) is 3.48. The molecule has 0 saturated heterocycles. The summed E-state index contributed by atoms with van der Waals surface area (Å²) in [5, 5.41) is 0.397. The topological polar surface area (TPSA) is 89.0 Å². The quantitative estimate of drug-likeness (QED) is 0.851. The van der Waals surface area contributed by atoms with E-state index in [2.05, 4.69) is 9.97 Å². The number of amides is 1. The number of sulfonamides is 1. The molecule has 19 heavy (non-hydrogen) atoms. The molecule has 1 aromatic heterocycles. The van der Waals surface area contributed by atoms with Crippen LogP contribution in [0.5, 0.6) is 0 Å². The molecule has 1 heterocycles. The van der Waals surface area contributed by atoms with Crippen LogP contribution in [-0.2, 0) is 14.8 Å². The summed E-state index contributed by atoms with van der Waals surface area (Å²) in [6, 6.07) is 7.10. The van der Waals surface area contributed by atoms with Gasteiger partial charge in [0.15, 0.2) is 0 Å². The van der Waals surface area contributed by atoms with E-state index in [1.807, 2.05) is 16.9 Å². The lowest BCUT2D eigenvalue weighted by molar-refractivity contribution is -0.119. The maximum absolute atomic E-state index is 11.9. The van der Waals surface area contributed by atoms with Gasteiger partial charge in [-0.15, -0.1) is 0 Å². The summed E-state index contributed by atoms with van der Waals surface area (Å²) >= 11 is 0. The minimum atomic E-state index is -4.01. The third-order valence-corrected chi connectivity index (χ3v) is 3.74. The first-order valence-corrected chi connectivity index (χ1v) is 7.21. The largest absolute Gasteiger partial charge is 0.299 e. The summed E-state index contributed by atoms with van der Waals surface area (Å²) in [5.74, 6) is -0.589. The molecule has 1 aromatic carbocycles. The zero-order chi connectivity index (χ0) is 14.0. The second-order valence-electron chi connectivity index (χ2n) is 3.99. The highest BCUT2D eigenvalue weighted by atomic mass is 32.2. The van der Waals surface area contributed by atoms with Crippen molar-refractivity contribution in [3.63, 3.8) is 0 Å². The van der Waals surface area contributed by atoms with E-state index in [4.69, 9.17) is 0 Å². The molecule has 100 valence electrons. The fraction of sp³-hybridized carbons (Fsp3) is 0.250. The van der Waals surface area contributed by atoms with Crippen molar-refractivity contribution in [1.82, 2.24) is 14.7 Å². The number of carbonyl (C=O) groups is 1. The number of rotatable bonds is 3. The normalized spacial score (nSPS) is 11.5. The lowest BCUT2D eigenvalue weighted by atomic mass is 10.2. The van der Waals surface area contributed by atoms with Crippen LogP contribution in [0.1, 0.15) is 19.0 Å². The maximum atomic E-state index is 11.9. The molecule has 0 atom stereocenters. The molecule has 1 amide bonds. The Morgan fingerprint density at radius 1 is 1.26 bits per heavy atom. The molecule has 2 rings (SSSR count). The van der Waals surface area contributed by atoms with Crippen LogP contribution < -0.4 is 4.72 Å². The Bertz CT molecular complexity index is 741. The monoisotopic (exact) mass is 279 g/mol. The number of nitrogens with one attached hydrogen (secondary N) is 1. The van der Waals surface area contributed by atoms with Crippen molar-refractivity contribution in [2.75, 3.05) is 0 Å². The Morgan fingerprint density at radius 3 is 2.63 bits per heavy atom. The summed E-state index contributed by atoms with van der Waals surface area (Å²) in [5.41, 5.74) is 1.08. The van der Waals surface area contributed by atoms with Crippen LogP contribution in [0, 0.1) is 6.92 Å². The molecular weight excluding hydrogens is 266 g/mol. The Morgan fingerprint density at radius 2 is 1.95 bits per heavy atom. The zero-order valence-electron chi connectivity index (χ0n) is 10.5. The number of hydrogen-bond acceptors (Lipinski definition) is 5. The Hall–Kier alpha value is -2.02. The molecule has 6 nitrogen and oxygen atoms in total. The van der Waals surface area contributed by atoms with E-state index in [0.29, 0.717) is 11.2 Å². The van der Waals surface area contributed by atoms with Gasteiger partial charge >= 0.3 is 0 Å². The van der Waals surface area contributed by atoms with Crippen molar-refractivity contribution in [2.24, 2.45) is 0 Å². The number of hydrogen-bond donors (Lipinski definition) is 1. The molecule has 0 bridgehead atoms. The van der Waals surface area contributed by atoms with Gasteiger partial charge in [-0.05, 0) is 13.0 Å². The third kappa shape index (κ3) is 2.70. The lowest BCUT2D eigenvalue weighted by Gasteiger charge is -2.07. The fourth-order valence-corrected chi connectivity index (χ4v) is 2.61. The highest BCUT2D eigenvalue weighted by molar-refractivity contribution is 7.89. The van der Waals surface area contributed by atoms with E-state index < -0.39 is 15.9 Å². The van der Waals surface area contributed by atoms with Gasteiger partial charge in [-0.1, -0.05) is 25.1 Å². The predicted octanol–water partition coefficient (Wildman–Crippen LogP) is 1.15. The van der Waals surface area contributed by atoms with Crippen molar-refractivity contribution in [1.29, 1.82) is 0 Å². The summed E-state index contributed by atoms with van der Waals surface area (Å²) < 4.78 is 25.8. The van der Waals surface area contributed by atoms with Gasteiger partial charge < -0.3 is 0 Å². The molecule has 2 aromatic rings. The van der Waals surface area contributed by atoms with Gasteiger partial charge in [0.1, 0.15) is 0 Å². The number of aryl methyl sites for hydroxylation is 1. The molecule has 0 aliphatic carbocycles. The van der Waals surface area contributed by atoms with Crippen LogP contribution in [0.4, 0.5) is 0 Å². The lowest BCUT2D eigenvalue weighted by Crippen LogP contribution is -2.31. The van der Waals surface area contributed by atoms with Gasteiger partial charge in [0.05, 0.1) is 5.52 Å². The molecule has 0 aliphatic rings. The number of benzene rings is 1. The summed E-state index contributed by atoms with van der Waals surface area (Å²) in [6.07, 6.45) is 0.0752. The second kappa shape index (κ2) is 4.93. The van der Waals surface area contributed by atoms with Crippen LogP contribution in [0.2, 0.25) is 0 Å². The fourth-order valence-electron chi connectivity index (χ4n) is 1.60. The summed E-state index contributed by atoms with van der Waals surface area (Å²) in [6.45, 7) is 3.27. The highest BCUT2D eigenvalue weighted by Gasteiger charge is 2.21. The molecule has 0 spiro atoms. The minimum absolute atomic E-state index is 0.0752. The van der Waals surface area contributed by atoms with E-state index in [0.717, 1.165) is 5.39 Å². The number of para-hydroxylation sites is 1. The highest BCUT2D eigenvalue weighted by Crippen LogP contribution is 2.16. The SMILES string of the molecule is CCC(=O)NS(=O)(=O)c1nc(C)c2ccccc2n1. The van der Waals surface area contributed by atoms with Gasteiger partial charge in [-0.2, -0.15) is 8.42 Å². The second-order valence-corrected chi connectivity index (χ2v) is 5.57. The Balaban J connectivity index is 2.54. The van der Waals surface area contributed by atoms with E-state index in [1.165, 1.54) is 0 Å². The van der Waals surface area contributed by atoms with Gasteiger partial charge in [-0.3, -0.25) is 4.79 Å². The molecule has 0 fully saturated rings. The van der Waals surface area contributed by atoms with Crippen molar-refractivity contribution in [3.8, 4) is 0 Å². The minimum Gasteiger partial charge on any atom is -0.274 e. The van der Waals surface area contributed by atoms with E-state index >= 15 is 0 Å². The molecule has 0 radical (unpaired) electrons. The van der Waals surface area contributed by atoms with Gasteiger partial charge in [0, 0.05) is 17.5 Å². The maximum Gasteiger partial charge on any atom is 0.299 e. The van der Waals surface area contributed by atoms with Crippen LogP contribution >= 0.6 is 0 Å². The van der Waals surface area contributed by atoms with E-state index in [-0.39, 0.29) is 11.6 Å². The molecule has 7 heteroatoms. The number of nitrogens with zero attached hydrogens (tertiary/aromatic N) is 2. The van der Waals surface area contributed by atoms with Gasteiger partial charge in [0.2, 0.25) is 5.91 Å². The Labute approximate surface area is 110 Å². The van der Waals surface area contributed by atoms with E-state index in [1.54, 1.807) is 26.0 Å². The van der Waals surface area contributed by atoms with Crippen LogP contribution in [0.25, 0.3) is 10.9 Å². The summed E-state index contributed by atoms with van der Waals surface area (Å²) in [7, 11) is -4.01. The van der Waals surface area contributed by atoms with Crippen molar-refractivity contribution < 1.29 is 13.2 Å². The number of fused-ring (bicyclic) bond motifs is 1. The first-order valence-electron chi connectivity index (χ1n) is 5.73. The van der Waals surface area contributed by atoms with Gasteiger partial charge in [0.25, 0.3) is 15.2 Å². The average Bonchev–Trinajstić information content (AvgIpc) is 2.38. The smallest absolute Gasteiger partial charge is 0.274 e. The van der Waals surface area contributed by atoms with Crippen molar-refractivity contribution in [2.45, 2.75) is 25.4 Å². The van der Waals surface area contributed by atoms with Crippen molar-refractivity contribution >= 4 is 26.8 Å². The summed E-state index contributed by atoms with van der Waals surface area (Å²) in [4.78, 5) is 19.1. The van der Waals surface area contributed by atoms with Crippen LogP contribution in [0.3, 0.4) is 0 Å². The van der Waals surface area contributed by atoms with E-state index in [9.17, 15) is 13.2 Å². The van der Waals surface area contributed by atoms with Crippen LogP contribution in [-0.4, -0.2) is 24.3 Å². The number of aromatic nitrogens is 2. The first kappa shape index (κ1) is 13.4. The first-order chi connectivity index (χ1) is 8.94. The zero-order valence-corrected chi connectivity index (χ0v) is 11.4. The van der Waals surface area contributed by atoms with Crippen LogP contribution in [0.15, 0.2) is 29.4 Å². The standard InChI is InChI=1S/C12H13N3O3S/c1-3-11(16)15-19(17,18)12-13-8(2)9-6-4-5-7-10(9)14-12/h4-7H,3H2,1-2H3,(H,15,16). The van der Waals surface area contributed by atoms with Gasteiger partial charge in [-0.25, -0.2) is 14.7 Å². The third-order valence-electron chi connectivity index (χ3n) is 2.58. The average molecular weight is 279 g/mol. The predicted molar refractivity (Wildman–Crippen MR) is 69.9 cm³/mol. The molecule has 1 N–H and O–H groups in total. The molecule has 0 aliphatic heterocycles. The number of carbonyl (C=O) groups excluding carboxylic acids is 1. The molecule has 0 saturated carbocycles. The molecule has 0 unspecified atom stereocenters. The molecular formula is C12H13N3O3S.